The van der Waals surface area contributed by atoms with Gasteiger partial charge in [0.05, 0.1) is 40.4 Å². The Morgan fingerprint density at radius 1 is 1.26 bits per heavy atom. The fraction of sp³-hybridized carbons (Fsp3) is 0.143. The summed E-state index contributed by atoms with van der Waals surface area (Å²) in [5.41, 5.74) is 0.559. The van der Waals surface area contributed by atoms with E-state index in [0.717, 1.165) is 17.0 Å². The standard InChI is InChI=1S/C21H13F3N4OS2/c1-30-20-27-19(29)18(31-20)8-12-3-5-17-15(6-12)10-26-28(17)11-14-4-2-13(9-25)7-16(14)21(22,23)24/h2-8,10H,11H2,1H3. The summed E-state index contributed by atoms with van der Waals surface area (Å²) in [6.07, 6.45) is 0.578. The highest BCUT2D eigenvalue weighted by molar-refractivity contribution is 8.40. The predicted molar refractivity (Wildman–Crippen MR) is 117 cm³/mol. The average molecular weight is 458 g/mol. The number of benzene rings is 2. The normalized spacial score (nSPS) is 15.5. The second-order valence-corrected chi connectivity index (χ2v) is 8.68. The van der Waals surface area contributed by atoms with Crippen LogP contribution in [-0.2, 0) is 17.5 Å². The Kier molecular flexibility index (Phi) is 5.64. The topological polar surface area (TPSA) is 71.0 Å². The van der Waals surface area contributed by atoms with E-state index in [1.54, 1.807) is 30.5 Å². The van der Waals surface area contributed by atoms with Crippen LogP contribution in [0.15, 0.2) is 52.5 Å². The van der Waals surface area contributed by atoms with Crippen molar-refractivity contribution in [2.24, 2.45) is 4.99 Å². The van der Waals surface area contributed by atoms with Crippen LogP contribution in [0.3, 0.4) is 0 Å². The Morgan fingerprint density at radius 3 is 2.74 bits per heavy atom. The fourth-order valence-corrected chi connectivity index (χ4v) is 4.58. The number of hydrogen-bond acceptors (Lipinski definition) is 5. The second-order valence-electron chi connectivity index (χ2n) is 6.60. The Morgan fingerprint density at radius 2 is 2.06 bits per heavy atom. The van der Waals surface area contributed by atoms with Crippen LogP contribution in [0.4, 0.5) is 13.2 Å². The highest BCUT2D eigenvalue weighted by atomic mass is 32.2. The van der Waals surface area contributed by atoms with Crippen molar-refractivity contribution >= 4 is 50.8 Å². The molecule has 5 nitrogen and oxygen atoms in total. The summed E-state index contributed by atoms with van der Waals surface area (Å²) in [6.45, 7) is -0.0935. The SMILES string of the molecule is CSC1=NC(=O)C(=Cc2ccc3c(cnn3Cc3ccc(C#N)cc3C(F)(F)F)c2)S1. The third kappa shape index (κ3) is 4.38. The Balaban J connectivity index is 1.65. The fourth-order valence-electron chi connectivity index (χ4n) is 3.16. The number of alkyl halides is 3. The summed E-state index contributed by atoms with van der Waals surface area (Å²) < 4.78 is 42.5. The molecular formula is C21H13F3N4OS2. The number of carbonyl (C=O) groups is 1. The van der Waals surface area contributed by atoms with Gasteiger partial charge in [-0.2, -0.15) is 28.5 Å². The minimum atomic E-state index is -4.58. The molecule has 0 fully saturated rings. The molecule has 1 aliphatic heterocycles. The second kappa shape index (κ2) is 8.24. The van der Waals surface area contributed by atoms with Crippen molar-refractivity contribution in [2.75, 3.05) is 6.26 Å². The average Bonchev–Trinajstić information content (AvgIpc) is 3.30. The number of nitriles is 1. The molecular weight excluding hydrogens is 445 g/mol. The van der Waals surface area contributed by atoms with E-state index in [0.29, 0.717) is 14.8 Å². The van der Waals surface area contributed by atoms with Crippen LogP contribution in [0, 0.1) is 11.3 Å². The van der Waals surface area contributed by atoms with Gasteiger partial charge in [-0.25, -0.2) is 0 Å². The summed E-state index contributed by atoms with van der Waals surface area (Å²) >= 11 is 2.71. The zero-order valence-electron chi connectivity index (χ0n) is 16.0. The first-order valence-electron chi connectivity index (χ1n) is 8.91. The number of rotatable bonds is 3. The van der Waals surface area contributed by atoms with Gasteiger partial charge in [-0.3, -0.25) is 9.48 Å². The van der Waals surface area contributed by atoms with Gasteiger partial charge in [0.1, 0.15) is 4.38 Å². The first-order valence-corrected chi connectivity index (χ1v) is 10.9. The van der Waals surface area contributed by atoms with Gasteiger partial charge < -0.3 is 0 Å². The van der Waals surface area contributed by atoms with Crippen molar-refractivity contribution < 1.29 is 18.0 Å². The van der Waals surface area contributed by atoms with Gasteiger partial charge >= 0.3 is 6.18 Å². The lowest BCUT2D eigenvalue weighted by molar-refractivity contribution is -0.138. The molecule has 2 aromatic carbocycles. The number of aromatic nitrogens is 2. The summed E-state index contributed by atoms with van der Waals surface area (Å²) in [4.78, 5) is 16.4. The van der Waals surface area contributed by atoms with E-state index >= 15 is 0 Å². The summed E-state index contributed by atoms with van der Waals surface area (Å²) in [5, 5.41) is 13.9. The van der Waals surface area contributed by atoms with Crippen molar-refractivity contribution in [1.82, 2.24) is 9.78 Å². The van der Waals surface area contributed by atoms with Crippen molar-refractivity contribution in [3.63, 3.8) is 0 Å². The van der Waals surface area contributed by atoms with Gasteiger partial charge in [-0.05, 0) is 47.7 Å². The van der Waals surface area contributed by atoms with E-state index in [-0.39, 0.29) is 23.6 Å². The smallest absolute Gasteiger partial charge is 0.266 e. The first kappa shape index (κ1) is 21.2. The molecule has 0 saturated heterocycles. The third-order valence-electron chi connectivity index (χ3n) is 4.60. The number of carbonyl (C=O) groups excluding carboxylic acids is 1. The minimum Gasteiger partial charge on any atom is -0.266 e. The van der Waals surface area contributed by atoms with E-state index in [4.69, 9.17) is 5.26 Å². The molecule has 156 valence electrons. The maximum absolute atomic E-state index is 13.5. The molecule has 0 spiro atoms. The van der Waals surface area contributed by atoms with Gasteiger partial charge in [0, 0.05) is 5.39 Å². The van der Waals surface area contributed by atoms with Crippen LogP contribution in [0.25, 0.3) is 17.0 Å². The van der Waals surface area contributed by atoms with Crippen LogP contribution >= 0.6 is 23.5 Å². The summed E-state index contributed by atoms with van der Waals surface area (Å²) in [7, 11) is 0. The van der Waals surface area contributed by atoms with Crippen molar-refractivity contribution in [3.8, 4) is 6.07 Å². The number of nitrogens with zero attached hydrogens (tertiary/aromatic N) is 4. The Labute approximate surface area is 183 Å². The van der Waals surface area contributed by atoms with Gasteiger partial charge in [0.15, 0.2) is 0 Å². The van der Waals surface area contributed by atoms with Crippen LogP contribution in [0.1, 0.15) is 22.3 Å². The van der Waals surface area contributed by atoms with Gasteiger partial charge in [0.25, 0.3) is 5.91 Å². The van der Waals surface area contributed by atoms with Crippen LogP contribution in [-0.4, -0.2) is 26.3 Å². The Hall–Kier alpha value is -3.03. The molecule has 0 atom stereocenters. The van der Waals surface area contributed by atoms with Gasteiger partial charge in [-0.1, -0.05) is 23.9 Å². The lowest BCUT2D eigenvalue weighted by atomic mass is 10.0. The van der Waals surface area contributed by atoms with Crippen LogP contribution < -0.4 is 0 Å². The maximum Gasteiger partial charge on any atom is 0.416 e. The minimum absolute atomic E-state index is 0.0254. The number of amides is 1. The molecule has 2 heterocycles. The molecule has 0 bridgehead atoms. The molecule has 0 saturated carbocycles. The zero-order chi connectivity index (χ0) is 22.2. The zero-order valence-corrected chi connectivity index (χ0v) is 17.6. The summed E-state index contributed by atoms with van der Waals surface area (Å²) in [6, 6.07) is 10.6. The molecule has 0 aliphatic carbocycles. The Bertz CT molecular complexity index is 1300. The van der Waals surface area contributed by atoms with Crippen LogP contribution in [0.2, 0.25) is 0 Å². The predicted octanol–water partition coefficient (Wildman–Crippen LogP) is 5.31. The van der Waals surface area contributed by atoms with E-state index in [1.165, 1.54) is 40.3 Å². The van der Waals surface area contributed by atoms with Gasteiger partial charge in [0.2, 0.25) is 0 Å². The van der Waals surface area contributed by atoms with Crippen LogP contribution in [0.5, 0.6) is 0 Å². The van der Waals surface area contributed by atoms with E-state index in [2.05, 4.69) is 10.1 Å². The molecule has 0 unspecified atom stereocenters. The van der Waals surface area contributed by atoms with E-state index in [1.807, 2.05) is 12.3 Å². The third-order valence-corrected chi connectivity index (χ3v) is 6.57. The monoisotopic (exact) mass is 458 g/mol. The highest BCUT2D eigenvalue weighted by Crippen LogP contribution is 2.34. The number of hydrogen-bond donors (Lipinski definition) is 0. The lowest BCUT2D eigenvalue weighted by Gasteiger charge is -2.14. The molecule has 31 heavy (non-hydrogen) atoms. The van der Waals surface area contributed by atoms with Crippen molar-refractivity contribution in [2.45, 2.75) is 12.7 Å². The van der Waals surface area contributed by atoms with E-state index < -0.39 is 11.7 Å². The molecule has 1 amide bonds. The number of fused-ring (bicyclic) bond motifs is 1. The van der Waals surface area contributed by atoms with Crippen molar-refractivity contribution in [3.05, 3.63) is 69.8 Å². The molecule has 4 rings (SSSR count). The highest BCUT2D eigenvalue weighted by Gasteiger charge is 2.33. The maximum atomic E-state index is 13.5. The number of aliphatic imine (C=N–C) groups is 1. The van der Waals surface area contributed by atoms with E-state index in [9.17, 15) is 18.0 Å². The quantitative estimate of drug-likeness (QED) is 0.498. The lowest BCUT2D eigenvalue weighted by Crippen LogP contribution is -2.12. The molecule has 3 aromatic rings. The van der Waals surface area contributed by atoms with Crippen molar-refractivity contribution in [1.29, 1.82) is 5.26 Å². The van der Waals surface area contributed by atoms with Gasteiger partial charge in [-0.15, -0.1) is 11.8 Å². The number of thioether (sulfide) groups is 2. The molecule has 1 aromatic heterocycles. The molecule has 10 heteroatoms. The number of halogens is 3. The molecule has 1 aliphatic rings. The first-order chi connectivity index (χ1) is 14.8. The summed E-state index contributed by atoms with van der Waals surface area (Å²) in [5.74, 6) is -0.286. The molecule has 0 N–H and O–H groups in total. The molecule has 0 radical (unpaired) electrons. The largest absolute Gasteiger partial charge is 0.416 e.